The molecule has 0 saturated carbocycles. The molecule has 1 heterocycles. The topological polar surface area (TPSA) is 79.3 Å². The van der Waals surface area contributed by atoms with Gasteiger partial charge in [0.1, 0.15) is 0 Å². The number of carbonyl (C=O) groups excluding carboxylic acids is 2. The smallest absolute Gasteiger partial charge is 0.319 e. The van der Waals surface area contributed by atoms with Gasteiger partial charge >= 0.3 is 6.03 Å². The lowest BCUT2D eigenvalue weighted by atomic mass is 9.86. The number of para-hydroxylation sites is 1. The highest BCUT2D eigenvalue weighted by molar-refractivity contribution is 5.90. The fourth-order valence-corrected chi connectivity index (χ4v) is 2.61. The summed E-state index contributed by atoms with van der Waals surface area (Å²) < 4.78 is 1.95. The standard InChI is InChI=1S/C20H29N5O2/c1-15(26)24(5)12-16-8-6-7-9-17(16)22-19(27)23-18(20(2,3)4)13-25-11-10-21-14-25/h6-11,14,18H,12-13H2,1-5H3,(H2,22,23,27)/t18-/m1/s1. The van der Waals surface area contributed by atoms with Gasteiger partial charge in [0.2, 0.25) is 5.91 Å². The van der Waals surface area contributed by atoms with Crippen LogP contribution in [0.5, 0.6) is 0 Å². The molecule has 7 nitrogen and oxygen atoms in total. The molecule has 1 aromatic heterocycles. The summed E-state index contributed by atoms with van der Waals surface area (Å²) in [4.78, 5) is 29.8. The molecule has 27 heavy (non-hydrogen) atoms. The molecule has 7 heteroatoms. The van der Waals surface area contributed by atoms with Crippen molar-refractivity contribution < 1.29 is 9.59 Å². The molecule has 2 N–H and O–H groups in total. The van der Waals surface area contributed by atoms with E-state index in [1.54, 1.807) is 24.5 Å². The predicted molar refractivity (Wildman–Crippen MR) is 106 cm³/mol. The molecule has 3 amide bonds. The summed E-state index contributed by atoms with van der Waals surface area (Å²) in [5.41, 5.74) is 1.45. The maximum atomic E-state index is 12.6. The molecule has 2 aromatic rings. The van der Waals surface area contributed by atoms with Gasteiger partial charge in [-0.05, 0) is 17.0 Å². The van der Waals surface area contributed by atoms with Gasteiger partial charge in [-0.1, -0.05) is 39.0 Å². The first-order valence-electron chi connectivity index (χ1n) is 8.99. The van der Waals surface area contributed by atoms with Crippen LogP contribution in [-0.4, -0.2) is 39.5 Å². The number of carbonyl (C=O) groups is 2. The van der Waals surface area contributed by atoms with Crippen molar-refractivity contribution in [2.45, 2.75) is 46.8 Å². The van der Waals surface area contributed by atoms with Crippen molar-refractivity contribution >= 4 is 17.6 Å². The number of aromatic nitrogens is 2. The molecule has 0 fully saturated rings. The molecule has 0 radical (unpaired) electrons. The van der Waals surface area contributed by atoms with Crippen LogP contribution in [0.2, 0.25) is 0 Å². The predicted octanol–water partition coefficient (Wildman–Crippen LogP) is 3.10. The molecule has 0 saturated heterocycles. The van der Waals surface area contributed by atoms with E-state index in [-0.39, 0.29) is 23.4 Å². The minimum absolute atomic E-state index is 0.0256. The molecule has 0 bridgehead atoms. The molecule has 0 unspecified atom stereocenters. The number of hydrogen-bond acceptors (Lipinski definition) is 3. The molecule has 2 rings (SSSR count). The zero-order valence-corrected chi connectivity index (χ0v) is 16.7. The van der Waals surface area contributed by atoms with Crippen molar-refractivity contribution in [3.05, 3.63) is 48.5 Å². The minimum Gasteiger partial charge on any atom is -0.342 e. The Kier molecular flexibility index (Phi) is 6.60. The summed E-state index contributed by atoms with van der Waals surface area (Å²) in [5, 5.41) is 5.99. The molecular formula is C20H29N5O2. The second-order valence-electron chi connectivity index (χ2n) is 7.81. The maximum absolute atomic E-state index is 12.6. The lowest BCUT2D eigenvalue weighted by Crippen LogP contribution is -2.48. The van der Waals surface area contributed by atoms with Gasteiger partial charge in [-0.3, -0.25) is 4.79 Å². The Morgan fingerprint density at radius 2 is 1.96 bits per heavy atom. The number of imidazole rings is 1. The number of amides is 3. The molecular weight excluding hydrogens is 342 g/mol. The van der Waals surface area contributed by atoms with E-state index in [1.165, 1.54) is 6.92 Å². The first-order valence-corrected chi connectivity index (χ1v) is 8.99. The van der Waals surface area contributed by atoms with Crippen LogP contribution in [0.25, 0.3) is 0 Å². The van der Waals surface area contributed by atoms with Crippen LogP contribution in [0.15, 0.2) is 43.0 Å². The Hall–Kier alpha value is -2.83. The molecule has 0 aliphatic heterocycles. The van der Waals surface area contributed by atoms with E-state index in [2.05, 4.69) is 36.4 Å². The lowest BCUT2D eigenvalue weighted by Gasteiger charge is -2.32. The fraction of sp³-hybridized carbons (Fsp3) is 0.450. The number of hydrogen-bond donors (Lipinski definition) is 2. The first-order chi connectivity index (χ1) is 12.7. The van der Waals surface area contributed by atoms with E-state index >= 15 is 0 Å². The Labute approximate surface area is 160 Å². The third-order valence-electron chi connectivity index (χ3n) is 4.51. The molecule has 146 valence electrons. The van der Waals surface area contributed by atoms with Crippen molar-refractivity contribution in [3.8, 4) is 0 Å². The highest BCUT2D eigenvalue weighted by atomic mass is 16.2. The highest BCUT2D eigenvalue weighted by Crippen LogP contribution is 2.22. The van der Waals surface area contributed by atoms with Crippen molar-refractivity contribution in [3.63, 3.8) is 0 Å². The maximum Gasteiger partial charge on any atom is 0.319 e. The van der Waals surface area contributed by atoms with Crippen molar-refractivity contribution in [2.75, 3.05) is 12.4 Å². The van der Waals surface area contributed by atoms with Crippen LogP contribution >= 0.6 is 0 Å². The summed E-state index contributed by atoms with van der Waals surface area (Å²) in [5.74, 6) is -0.0256. The molecule has 0 aliphatic carbocycles. The normalized spacial score (nSPS) is 12.3. The van der Waals surface area contributed by atoms with Gasteiger partial charge < -0.3 is 20.1 Å². The quantitative estimate of drug-likeness (QED) is 0.819. The summed E-state index contributed by atoms with van der Waals surface area (Å²) >= 11 is 0. The van der Waals surface area contributed by atoms with Crippen molar-refractivity contribution in [2.24, 2.45) is 5.41 Å². The first kappa shape index (κ1) is 20.5. The van der Waals surface area contributed by atoms with Gasteiger partial charge in [-0.15, -0.1) is 0 Å². The number of rotatable bonds is 6. The number of benzene rings is 1. The lowest BCUT2D eigenvalue weighted by molar-refractivity contribution is -0.128. The zero-order valence-electron chi connectivity index (χ0n) is 16.7. The largest absolute Gasteiger partial charge is 0.342 e. The minimum atomic E-state index is -0.270. The van der Waals surface area contributed by atoms with Crippen LogP contribution < -0.4 is 10.6 Å². The van der Waals surface area contributed by atoms with Gasteiger partial charge in [0.05, 0.1) is 12.4 Å². The van der Waals surface area contributed by atoms with E-state index in [0.717, 1.165) is 5.56 Å². The Morgan fingerprint density at radius 3 is 2.56 bits per heavy atom. The average Bonchev–Trinajstić information content (AvgIpc) is 3.08. The van der Waals surface area contributed by atoms with Gasteiger partial charge in [-0.25, -0.2) is 9.78 Å². The molecule has 1 atom stereocenters. The van der Waals surface area contributed by atoms with Crippen LogP contribution in [0, 0.1) is 5.41 Å². The van der Waals surface area contributed by atoms with Gasteiger partial charge in [0, 0.05) is 45.1 Å². The summed E-state index contributed by atoms with van der Waals surface area (Å²) in [6.07, 6.45) is 5.35. The van der Waals surface area contributed by atoms with E-state index in [9.17, 15) is 9.59 Å². The molecule has 1 aromatic carbocycles. The summed E-state index contributed by atoms with van der Waals surface area (Å²) in [6.45, 7) is 8.85. The number of nitrogens with zero attached hydrogens (tertiary/aromatic N) is 3. The second-order valence-corrected chi connectivity index (χ2v) is 7.81. The third kappa shape index (κ3) is 6.13. The Morgan fingerprint density at radius 1 is 1.26 bits per heavy atom. The fourth-order valence-electron chi connectivity index (χ4n) is 2.61. The van der Waals surface area contributed by atoms with Crippen LogP contribution in [0.1, 0.15) is 33.3 Å². The van der Waals surface area contributed by atoms with E-state index in [0.29, 0.717) is 18.8 Å². The van der Waals surface area contributed by atoms with E-state index < -0.39 is 0 Å². The monoisotopic (exact) mass is 371 g/mol. The molecule has 0 aliphatic rings. The number of anilines is 1. The number of nitrogens with one attached hydrogen (secondary N) is 2. The number of urea groups is 1. The van der Waals surface area contributed by atoms with Crippen LogP contribution in [0.4, 0.5) is 10.5 Å². The zero-order chi connectivity index (χ0) is 20.0. The van der Waals surface area contributed by atoms with Crippen LogP contribution in [-0.2, 0) is 17.9 Å². The van der Waals surface area contributed by atoms with Crippen molar-refractivity contribution in [1.82, 2.24) is 19.8 Å². The van der Waals surface area contributed by atoms with Gasteiger partial charge in [0.15, 0.2) is 0 Å². The second kappa shape index (κ2) is 8.70. The van der Waals surface area contributed by atoms with Gasteiger partial charge in [-0.2, -0.15) is 0 Å². The SMILES string of the molecule is CC(=O)N(C)Cc1ccccc1NC(=O)N[C@H](Cn1ccnc1)C(C)(C)C. The third-order valence-corrected chi connectivity index (χ3v) is 4.51. The van der Waals surface area contributed by atoms with E-state index in [4.69, 9.17) is 0 Å². The summed E-state index contributed by atoms with van der Waals surface area (Å²) in [7, 11) is 1.74. The average molecular weight is 371 g/mol. The van der Waals surface area contributed by atoms with Crippen LogP contribution in [0.3, 0.4) is 0 Å². The summed E-state index contributed by atoms with van der Waals surface area (Å²) in [6, 6.07) is 7.14. The highest BCUT2D eigenvalue weighted by Gasteiger charge is 2.26. The van der Waals surface area contributed by atoms with Gasteiger partial charge in [0.25, 0.3) is 0 Å². The molecule has 0 spiro atoms. The Bertz CT molecular complexity index is 765. The van der Waals surface area contributed by atoms with Crippen molar-refractivity contribution in [1.29, 1.82) is 0 Å². The van der Waals surface area contributed by atoms with E-state index in [1.807, 2.05) is 35.0 Å². The Balaban J connectivity index is 2.08.